The summed E-state index contributed by atoms with van der Waals surface area (Å²) in [6, 6.07) is 0. The topological polar surface area (TPSA) is 89.7 Å². The Morgan fingerprint density at radius 3 is 2.04 bits per heavy atom. The molecule has 26 heavy (non-hydrogen) atoms. The second-order valence-corrected chi connectivity index (χ2v) is 8.37. The molecule has 0 fully saturated rings. The molecule has 0 saturated heterocycles. The first-order valence-corrected chi connectivity index (χ1v) is 9.45. The third-order valence-corrected chi connectivity index (χ3v) is 3.91. The van der Waals surface area contributed by atoms with Gasteiger partial charge in [0, 0.05) is 18.9 Å². The number of nitrogens with two attached hydrogens (primary N) is 1. The van der Waals surface area contributed by atoms with E-state index in [0.29, 0.717) is 30.9 Å². The molecule has 6 nitrogen and oxygen atoms in total. The Hall–Kier alpha value is -0.980. The van der Waals surface area contributed by atoms with Crippen LogP contribution in [0.3, 0.4) is 0 Å². The monoisotopic (exact) mass is 430 g/mol. The van der Waals surface area contributed by atoms with Crippen LogP contribution >= 0.6 is 34.8 Å². The highest BCUT2D eigenvalue weighted by atomic mass is 35.6. The number of halogens is 3. The van der Waals surface area contributed by atoms with Gasteiger partial charge in [-0.2, -0.15) is 0 Å². The van der Waals surface area contributed by atoms with Gasteiger partial charge in [-0.15, -0.1) is 0 Å². The van der Waals surface area contributed by atoms with Crippen LogP contribution in [-0.2, 0) is 19.1 Å². The number of ether oxygens (including phenoxy) is 1. The third-order valence-electron chi connectivity index (χ3n) is 3.11. The van der Waals surface area contributed by atoms with Gasteiger partial charge in [-0.3, -0.25) is 19.3 Å². The molecule has 2 N–H and O–H groups in total. The molecule has 0 saturated carbocycles. The fourth-order valence-electron chi connectivity index (χ4n) is 1.38. The maximum atomic E-state index is 11.6. The van der Waals surface area contributed by atoms with Gasteiger partial charge in [0.05, 0.1) is 13.7 Å². The molecule has 1 aliphatic heterocycles. The van der Waals surface area contributed by atoms with E-state index in [9.17, 15) is 14.4 Å². The molecule has 0 spiro atoms. The van der Waals surface area contributed by atoms with Crippen molar-refractivity contribution in [3.63, 3.8) is 0 Å². The predicted molar refractivity (Wildman–Crippen MR) is 106 cm³/mol. The minimum atomic E-state index is -1.04. The number of imide groups is 1. The zero-order chi connectivity index (χ0) is 20.9. The summed E-state index contributed by atoms with van der Waals surface area (Å²) in [6.07, 6.45) is 3.62. The molecule has 1 heterocycles. The summed E-state index contributed by atoms with van der Waals surface area (Å²) < 4.78 is 3.89. The summed E-state index contributed by atoms with van der Waals surface area (Å²) in [6.45, 7) is 7.93. The molecule has 0 atom stereocenters. The second kappa shape index (κ2) is 14.1. The quantitative estimate of drug-likeness (QED) is 0.667. The summed E-state index contributed by atoms with van der Waals surface area (Å²) in [4.78, 5) is 33.8. The highest BCUT2D eigenvalue weighted by molar-refractivity contribution is 6.67. The van der Waals surface area contributed by atoms with Gasteiger partial charge in [0.1, 0.15) is 5.76 Å². The van der Waals surface area contributed by atoms with Crippen molar-refractivity contribution in [3.05, 3.63) is 11.8 Å². The minimum absolute atomic E-state index is 0.114. The number of alkyl halides is 3. The molecule has 3 amide bonds. The molecule has 0 aromatic carbocycles. The maximum Gasteiger partial charge on any atom is 0.257 e. The molecule has 0 aromatic heterocycles. The molecule has 0 aromatic rings. The average Bonchev–Trinajstić information content (AvgIpc) is 2.94. The first kappa shape index (κ1) is 27.2. The number of nitrogens with zero attached hydrogens (tertiary/aromatic N) is 1. The Labute approximate surface area is 171 Å². The summed E-state index contributed by atoms with van der Waals surface area (Å²) in [5, 5.41) is 0. The first-order chi connectivity index (χ1) is 11.9. The van der Waals surface area contributed by atoms with E-state index in [1.54, 1.807) is 6.92 Å². The van der Waals surface area contributed by atoms with Gasteiger partial charge in [-0.05, 0) is 18.8 Å². The fourth-order valence-corrected chi connectivity index (χ4v) is 1.38. The van der Waals surface area contributed by atoms with Crippen molar-refractivity contribution in [2.24, 2.45) is 11.7 Å². The first-order valence-electron chi connectivity index (χ1n) is 8.31. The van der Waals surface area contributed by atoms with Crippen molar-refractivity contribution in [2.75, 3.05) is 13.7 Å². The number of hydrogen-bond acceptors (Lipinski definition) is 4. The molecule has 0 aliphatic carbocycles. The summed E-state index contributed by atoms with van der Waals surface area (Å²) in [5.74, 6) is 0.405. The van der Waals surface area contributed by atoms with Crippen LogP contribution in [-0.4, -0.2) is 40.1 Å². The molecular weight excluding hydrogens is 403 g/mol. The van der Waals surface area contributed by atoms with Crippen molar-refractivity contribution < 1.29 is 19.1 Å². The summed E-state index contributed by atoms with van der Waals surface area (Å²) in [5.41, 5.74) is 4.65. The van der Waals surface area contributed by atoms with E-state index in [0.717, 1.165) is 6.42 Å². The fraction of sp³-hybridized carbons (Fsp3) is 0.706. The lowest BCUT2D eigenvalue weighted by atomic mass is 10.1. The van der Waals surface area contributed by atoms with E-state index in [2.05, 4.69) is 19.6 Å². The molecule has 0 radical (unpaired) electrons. The van der Waals surface area contributed by atoms with Crippen molar-refractivity contribution in [1.29, 1.82) is 0 Å². The van der Waals surface area contributed by atoms with Crippen molar-refractivity contribution >= 4 is 52.5 Å². The number of amides is 3. The number of primary amides is 1. The van der Waals surface area contributed by atoms with Crippen LogP contribution in [0.2, 0.25) is 0 Å². The molecule has 0 unspecified atom stereocenters. The molecule has 1 aliphatic rings. The van der Waals surface area contributed by atoms with E-state index < -0.39 is 3.79 Å². The molecule has 0 bridgehead atoms. The molecular formula is C17H29Cl3N2O4. The van der Waals surface area contributed by atoms with E-state index in [-0.39, 0.29) is 24.3 Å². The minimum Gasteiger partial charge on any atom is -0.499 e. The van der Waals surface area contributed by atoms with Crippen LogP contribution in [0.15, 0.2) is 11.8 Å². The van der Waals surface area contributed by atoms with Crippen LogP contribution in [0.25, 0.3) is 0 Å². The van der Waals surface area contributed by atoms with Gasteiger partial charge in [-0.1, -0.05) is 62.5 Å². The van der Waals surface area contributed by atoms with Crippen LogP contribution < -0.4 is 5.73 Å². The number of carbonyl (C=O) groups is 3. The Morgan fingerprint density at radius 1 is 1.31 bits per heavy atom. The van der Waals surface area contributed by atoms with Crippen molar-refractivity contribution in [3.8, 4) is 0 Å². The Bertz CT molecular complexity index is 489. The lowest BCUT2D eigenvalue weighted by Crippen LogP contribution is -2.33. The lowest BCUT2D eigenvalue weighted by Gasteiger charge is -2.14. The third kappa shape index (κ3) is 15.3. The van der Waals surface area contributed by atoms with Gasteiger partial charge in [0.2, 0.25) is 11.8 Å². The smallest absolute Gasteiger partial charge is 0.257 e. The van der Waals surface area contributed by atoms with E-state index >= 15 is 0 Å². The van der Waals surface area contributed by atoms with Crippen LogP contribution in [0.1, 0.15) is 53.4 Å². The van der Waals surface area contributed by atoms with Crippen molar-refractivity contribution in [1.82, 2.24) is 4.90 Å². The number of carbonyl (C=O) groups excluding carboxylic acids is 3. The number of rotatable bonds is 5. The normalized spacial score (nSPS) is 13.3. The Morgan fingerprint density at radius 2 is 1.77 bits per heavy atom. The van der Waals surface area contributed by atoms with E-state index in [1.807, 2.05) is 6.92 Å². The highest BCUT2D eigenvalue weighted by Gasteiger charge is 2.27. The Kier molecular flexibility index (Phi) is 14.8. The zero-order valence-corrected chi connectivity index (χ0v) is 18.2. The number of hydrogen-bond donors (Lipinski definition) is 1. The molecule has 1 rings (SSSR count). The van der Waals surface area contributed by atoms with Crippen molar-refractivity contribution in [2.45, 2.75) is 57.2 Å². The lowest BCUT2D eigenvalue weighted by molar-refractivity contribution is -0.140. The van der Waals surface area contributed by atoms with Crippen LogP contribution in [0, 0.1) is 5.92 Å². The summed E-state index contributed by atoms with van der Waals surface area (Å²) in [7, 11) is 1.50. The SMILES string of the molecule is CCC(Cl)(Cl)Cl.CCC(N)=O.COC1=CC(=O)N(C(=O)CCC(C)C)C1. The van der Waals surface area contributed by atoms with E-state index in [1.165, 1.54) is 18.1 Å². The van der Waals surface area contributed by atoms with Gasteiger partial charge >= 0.3 is 0 Å². The molecule has 9 heteroatoms. The van der Waals surface area contributed by atoms with Crippen LogP contribution in [0.5, 0.6) is 0 Å². The standard InChI is InChI=1S/C11H17NO3.C3H5Cl3.C3H7NO/c1-8(2)4-5-10(13)12-7-9(15-3)6-11(12)14;1-2-3(4,5)6;1-2-3(4)5/h6,8H,4-5,7H2,1-3H3;2H2,1H3;2H2,1H3,(H2,4,5). The zero-order valence-electron chi connectivity index (χ0n) is 16.0. The largest absolute Gasteiger partial charge is 0.499 e. The van der Waals surface area contributed by atoms with Gasteiger partial charge < -0.3 is 10.5 Å². The van der Waals surface area contributed by atoms with Gasteiger partial charge in [-0.25, -0.2) is 0 Å². The highest BCUT2D eigenvalue weighted by Crippen LogP contribution is 2.28. The average molecular weight is 432 g/mol. The van der Waals surface area contributed by atoms with Gasteiger partial charge in [0.25, 0.3) is 5.91 Å². The Balaban J connectivity index is 0. The maximum absolute atomic E-state index is 11.6. The number of methoxy groups -OCH3 is 1. The van der Waals surface area contributed by atoms with Gasteiger partial charge in [0.15, 0.2) is 3.79 Å². The second-order valence-electron chi connectivity index (χ2n) is 5.85. The summed E-state index contributed by atoms with van der Waals surface area (Å²) >= 11 is 15.7. The molecule has 152 valence electrons. The predicted octanol–water partition coefficient (Wildman–Crippen LogP) is 3.97. The van der Waals surface area contributed by atoms with Crippen LogP contribution in [0.4, 0.5) is 0 Å². The van der Waals surface area contributed by atoms with E-state index in [4.69, 9.17) is 39.5 Å².